The van der Waals surface area contributed by atoms with Crippen molar-refractivity contribution in [2.24, 2.45) is 17.3 Å². The third-order valence-corrected chi connectivity index (χ3v) is 4.68. The van der Waals surface area contributed by atoms with Gasteiger partial charge in [-0.1, -0.05) is 39.3 Å². The quantitative estimate of drug-likeness (QED) is 0.367. The van der Waals surface area contributed by atoms with E-state index in [1.807, 2.05) is 0 Å². The lowest BCUT2D eigenvalue weighted by Gasteiger charge is -2.22. The summed E-state index contributed by atoms with van der Waals surface area (Å²) in [5.74, 6) is 1.45. The molecule has 3 atom stereocenters. The molecule has 0 heterocycles. The molecule has 18 heavy (non-hydrogen) atoms. The molecule has 2 heteroatoms. The zero-order valence-corrected chi connectivity index (χ0v) is 12.2. The van der Waals surface area contributed by atoms with Gasteiger partial charge in [0.2, 0.25) is 0 Å². The van der Waals surface area contributed by atoms with Crippen molar-refractivity contribution in [1.82, 2.24) is 0 Å². The van der Waals surface area contributed by atoms with Crippen LogP contribution in [0.15, 0.2) is 12.2 Å². The summed E-state index contributed by atoms with van der Waals surface area (Å²) in [4.78, 5) is 0. The van der Waals surface area contributed by atoms with Gasteiger partial charge in [0.15, 0.2) is 0 Å². The molecular formula is C16H28O2. The number of allylic oxidation sites excluding steroid dienone is 1. The fourth-order valence-electron chi connectivity index (χ4n) is 2.95. The minimum atomic E-state index is 0.423. The predicted octanol–water partition coefficient (Wildman–Crippen LogP) is 4.16. The molecule has 0 radical (unpaired) electrons. The lowest BCUT2D eigenvalue weighted by Crippen LogP contribution is -2.20. The van der Waals surface area contributed by atoms with Crippen LogP contribution in [-0.2, 0) is 9.47 Å². The van der Waals surface area contributed by atoms with Crippen molar-refractivity contribution < 1.29 is 9.47 Å². The number of rotatable bonds is 8. The summed E-state index contributed by atoms with van der Waals surface area (Å²) < 4.78 is 11.4. The first-order valence-electron chi connectivity index (χ1n) is 7.48. The molecule has 0 N–H and O–H groups in total. The molecule has 2 rings (SSSR count). The van der Waals surface area contributed by atoms with E-state index < -0.39 is 0 Å². The van der Waals surface area contributed by atoms with Crippen LogP contribution in [0.5, 0.6) is 0 Å². The predicted molar refractivity (Wildman–Crippen MR) is 74.4 cm³/mol. The molecule has 0 saturated heterocycles. The second kappa shape index (κ2) is 6.21. The van der Waals surface area contributed by atoms with Gasteiger partial charge in [-0.15, -0.1) is 0 Å². The number of hydrogen-bond donors (Lipinski definition) is 0. The van der Waals surface area contributed by atoms with Crippen molar-refractivity contribution in [3.63, 3.8) is 0 Å². The Hall–Kier alpha value is -0.340. The second-order valence-electron chi connectivity index (χ2n) is 6.63. The van der Waals surface area contributed by atoms with Crippen LogP contribution in [0.25, 0.3) is 0 Å². The Morgan fingerprint density at radius 3 is 2.67 bits per heavy atom. The van der Waals surface area contributed by atoms with Gasteiger partial charge in [0, 0.05) is 12.5 Å². The SMILES string of the molecule is CCC(C)(C)CCCOCOC1CC2C=CC1C2. The van der Waals surface area contributed by atoms with Crippen LogP contribution >= 0.6 is 0 Å². The molecule has 1 fully saturated rings. The first kappa shape index (κ1) is 14.1. The van der Waals surface area contributed by atoms with E-state index in [0.717, 1.165) is 18.9 Å². The maximum Gasteiger partial charge on any atom is 0.147 e. The smallest absolute Gasteiger partial charge is 0.147 e. The fourth-order valence-corrected chi connectivity index (χ4v) is 2.95. The molecule has 0 aliphatic heterocycles. The molecule has 104 valence electrons. The Morgan fingerprint density at radius 2 is 2.06 bits per heavy atom. The molecule has 3 unspecified atom stereocenters. The van der Waals surface area contributed by atoms with Gasteiger partial charge >= 0.3 is 0 Å². The van der Waals surface area contributed by atoms with Gasteiger partial charge in [0.25, 0.3) is 0 Å². The highest BCUT2D eigenvalue weighted by Gasteiger charge is 2.36. The van der Waals surface area contributed by atoms with Crippen LogP contribution in [0.4, 0.5) is 0 Å². The van der Waals surface area contributed by atoms with Gasteiger partial charge in [0.1, 0.15) is 6.79 Å². The van der Waals surface area contributed by atoms with E-state index in [-0.39, 0.29) is 0 Å². The Bertz CT molecular complexity index is 283. The molecule has 2 aliphatic carbocycles. The summed E-state index contributed by atoms with van der Waals surface area (Å²) in [6.45, 7) is 8.22. The van der Waals surface area contributed by atoms with Crippen molar-refractivity contribution in [2.45, 2.75) is 59.0 Å². The summed E-state index contributed by atoms with van der Waals surface area (Å²) in [6.07, 6.45) is 11.2. The van der Waals surface area contributed by atoms with Gasteiger partial charge in [-0.3, -0.25) is 0 Å². The van der Waals surface area contributed by atoms with Crippen LogP contribution in [0.3, 0.4) is 0 Å². The topological polar surface area (TPSA) is 18.5 Å². The van der Waals surface area contributed by atoms with Crippen LogP contribution in [0.2, 0.25) is 0 Å². The molecule has 0 spiro atoms. The molecule has 1 saturated carbocycles. The molecule has 2 bridgehead atoms. The third kappa shape index (κ3) is 3.83. The molecular weight excluding hydrogens is 224 g/mol. The maximum atomic E-state index is 5.82. The Balaban J connectivity index is 1.48. The van der Waals surface area contributed by atoms with E-state index in [1.54, 1.807) is 0 Å². The standard InChI is InChI=1S/C16H28O2/c1-4-16(2,3)8-5-9-17-12-18-15-11-13-6-7-14(15)10-13/h6-7,13-15H,4-5,8-12H2,1-3H3. The van der Waals surface area contributed by atoms with Gasteiger partial charge < -0.3 is 9.47 Å². The monoisotopic (exact) mass is 252 g/mol. The summed E-state index contributed by atoms with van der Waals surface area (Å²) in [5.41, 5.74) is 0.458. The fraction of sp³-hybridized carbons (Fsp3) is 0.875. The van der Waals surface area contributed by atoms with Crippen LogP contribution in [0.1, 0.15) is 52.9 Å². The van der Waals surface area contributed by atoms with Gasteiger partial charge in [-0.05, 0) is 37.0 Å². The minimum Gasteiger partial charge on any atom is -0.355 e. The second-order valence-corrected chi connectivity index (χ2v) is 6.63. The van der Waals surface area contributed by atoms with Crippen molar-refractivity contribution in [3.8, 4) is 0 Å². The molecule has 0 aromatic heterocycles. The summed E-state index contributed by atoms with van der Waals surface area (Å²) in [6, 6.07) is 0. The van der Waals surface area contributed by atoms with Crippen molar-refractivity contribution in [3.05, 3.63) is 12.2 Å². The van der Waals surface area contributed by atoms with E-state index >= 15 is 0 Å². The first-order chi connectivity index (χ1) is 8.61. The van der Waals surface area contributed by atoms with E-state index in [0.29, 0.717) is 24.2 Å². The number of ether oxygens (including phenoxy) is 2. The number of hydrogen-bond acceptors (Lipinski definition) is 2. The van der Waals surface area contributed by atoms with Gasteiger partial charge in [0.05, 0.1) is 6.10 Å². The third-order valence-electron chi connectivity index (χ3n) is 4.68. The average molecular weight is 252 g/mol. The van der Waals surface area contributed by atoms with Crippen molar-refractivity contribution >= 4 is 0 Å². The highest BCUT2D eigenvalue weighted by molar-refractivity contribution is 5.10. The van der Waals surface area contributed by atoms with E-state index in [1.165, 1.54) is 25.7 Å². The summed E-state index contributed by atoms with van der Waals surface area (Å²) in [7, 11) is 0. The van der Waals surface area contributed by atoms with Gasteiger partial charge in [-0.25, -0.2) is 0 Å². The normalized spacial score (nSPS) is 30.3. The van der Waals surface area contributed by atoms with Crippen LogP contribution in [0, 0.1) is 17.3 Å². The molecule has 0 amide bonds. The van der Waals surface area contributed by atoms with Crippen molar-refractivity contribution in [2.75, 3.05) is 13.4 Å². The van der Waals surface area contributed by atoms with Gasteiger partial charge in [-0.2, -0.15) is 0 Å². The average Bonchev–Trinajstić information content (AvgIpc) is 2.95. The summed E-state index contributed by atoms with van der Waals surface area (Å²) >= 11 is 0. The molecule has 0 aromatic rings. The minimum absolute atomic E-state index is 0.423. The van der Waals surface area contributed by atoms with E-state index in [9.17, 15) is 0 Å². The highest BCUT2D eigenvalue weighted by atomic mass is 16.7. The molecule has 2 nitrogen and oxygen atoms in total. The first-order valence-corrected chi connectivity index (χ1v) is 7.48. The molecule has 0 aromatic carbocycles. The van der Waals surface area contributed by atoms with Crippen LogP contribution in [-0.4, -0.2) is 19.5 Å². The van der Waals surface area contributed by atoms with Crippen LogP contribution < -0.4 is 0 Å². The van der Waals surface area contributed by atoms with E-state index in [4.69, 9.17) is 9.47 Å². The largest absolute Gasteiger partial charge is 0.355 e. The number of fused-ring (bicyclic) bond motifs is 2. The lowest BCUT2D eigenvalue weighted by molar-refractivity contribution is -0.0975. The Kier molecular flexibility index (Phi) is 4.85. The Morgan fingerprint density at radius 1 is 1.22 bits per heavy atom. The maximum absolute atomic E-state index is 5.82. The molecule has 2 aliphatic rings. The summed E-state index contributed by atoms with van der Waals surface area (Å²) in [5, 5.41) is 0. The highest BCUT2D eigenvalue weighted by Crippen LogP contribution is 2.40. The van der Waals surface area contributed by atoms with E-state index in [2.05, 4.69) is 32.9 Å². The van der Waals surface area contributed by atoms with Crippen molar-refractivity contribution in [1.29, 1.82) is 0 Å². The lowest BCUT2D eigenvalue weighted by atomic mass is 9.85. The zero-order valence-electron chi connectivity index (χ0n) is 12.2. The zero-order chi connectivity index (χ0) is 13.0. The Labute approximate surface area is 112 Å².